The van der Waals surface area contributed by atoms with Gasteiger partial charge in [0.15, 0.2) is 0 Å². The lowest BCUT2D eigenvalue weighted by Crippen LogP contribution is -2.02. The van der Waals surface area contributed by atoms with Gasteiger partial charge in [-0.3, -0.25) is 0 Å². The van der Waals surface area contributed by atoms with Crippen molar-refractivity contribution in [2.45, 2.75) is 19.8 Å². The third-order valence-corrected chi connectivity index (χ3v) is 1.47. The van der Waals surface area contributed by atoms with Crippen LogP contribution in [0.25, 0.3) is 0 Å². The number of aromatic nitrogens is 3. The molecule has 1 aromatic heterocycles. The molecule has 1 heterocycles. The van der Waals surface area contributed by atoms with Crippen molar-refractivity contribution in [3.63, 3.8) is 0 Å². The molecule has 0 N–H and O–H groups in total. The zero-order chi connectivity index (χ0) is 9.14. The lowest BCUT2D eigenvalue weighted by Gasteiger charge is -2.04. The zero-order valence-corrected chi connectivity index (χ0v) is 7.96. The minimum Gasteiger partial charge on any atom is -0.467 e. The van der Waals surface area contributed by atoms with Crippen LogP contribution in [0, 0.1) is 0 Å². The lowest BCUT2D eigenvalue weighted by atomic mass is 10.2. The Bertz CT molecular complexity index is 277. The fourth-order valence-corrected chi connectivity index (χ4v) is 0.855. The Hall–Kier alpha value is -0.900. The molecule has 0 atom stereocenters. The van der Waals surface area contributed by atoms with E-state index in [-0.39, 0.29) is 17.2 Å². The molecule has 0 saturated carbocycles. The Kier molecular flexibility index (Phi) is 2.81. The Morgan fingerprint density at radius 1 is 1.25 bits per heavy atom. The molecular weight excluding hydrogens is 178 g/mol. The monoisotopic (exact) mass is 187 g/mol. The Labute approximate surface area is 76.0 Å². The van der Waals surface area contributed by atoms with Gasteiger partial charge in [0.05, 0.1) is 7.11 Å². The van der Waals surface area contributed by atoms with Gasteiger partial charge >= 0.3 is 6.01 Å². The number of halogens is 1. The minimum absolute atomic E-state index is 0.172. The number of nitrogens with zero attached hydrogens (tertiary/aromatic N) is 3. The van der Waals surface area contributed by atoms with Gasteiger partial charge < -0.3 is 4.74 Å². The van der Waals surface area contributed by atoms with Crippen LogP contribution in [-0.2, 0) is 0 Å². The van der Waals surface area contributed by atoms with E-state index in [9.17, 15) is 0 Å². The summed E-state index contributed by atoms with van der Waals surface area (Å²) in [5.41, 5.74) is 0. The summed E-state index contributed by atoms with van der Waals surface area (Å²) < 4.78 is 4.84. The predicted octanol–water partition coefficient (Wildman–Crippen LogP) is 1.66. The van der Waals surface area contributed by atoms with Crippen LogP contribution in [-0.4, -0.2) is 22.1 Å². The highest BCUT2D eigenvalue weighted by molar-refractivity contribution is 6.28. The molecule has 0 spiro atoms. The SMILES string of the molecule is COc1nc(Cl)nc(C(C)C)n1. The van der Waals surface area contributed by atoms with Crippen LogP contribution in [0.5, 0.6) is 6.01 Å². The first-order valence-corrected chi connectivity index (χ1v) is 3.96. The highest BCUT2D eigenvalue weighted by Crippen LogP contribution is 2.13. The number of methoxy groups -OCH3 is 1. The largest absolute Gasteiger partial charge is 0.467 e. The van der Waals surface area contributed by atoms with E-state index < -0.39 is 0 Å². The predicted molar refractivity (Wildman–Crippen MR) is 45.5 cm³/mol. The molecule has 0 bridgehead atoms. The third kappa shape index (κ3) is 2.04. The Balaban J connectivity index is 3.06. The van der Waals surface area contributed by atoms with Crippen LogP contribution in [0.2, 0.25) is 5.28 Å². The van der Waals surface area contributed by atoms with Crippen molar-refractivity contribution in [2.75, 3.05) is 7.11 Å². The van der Waals surface area contributed by atoms with E-state index in [2.05, 4.69) is 15.0 Å². The minimum atomic E-state index is 0.172. The van der Waals surface area contributed by atoms with Crippen molar-refractivity contribution < 1.29 is 4.74 Å². The van der Waals surface area contributed by atoms with E-state index >= 15 is 0 Å². The molecule has 0 unspecified atom stereocenters. The average Bonchev–Trinajstić information content (AvgIpc) is 2.03. The first kappa shape index (κ1) is 9.19. The Morgan fingerprint density at radius 3 is 2.42 bits per heavy atom. The second kappa shape index (κ2) is 3.67. The maximum atomic E-state index is 5.63. The molecule has 1 aromatic rings. The van der Waals surface area contributed by atoms with E-state index in [0.29, 0.717) is 5.82 Å². The molecule has 4 nitrogen and oxygen atoms in total. The molecule has 1 rings (SSSR count). The van der Waals surface area contributed by atoms with Gasteiger partial charge in [-0.05, 0) is 11.6 Å². The summed E-state index contributed by atoms with van der Waals surface area (Å²) in [6.07, 6.45) is 0. The zero-order valence-electron chi connectivity index (χ0n) is 7.21. The van der Waals surface area contributed by atoms with E-state index in [1.807, 2.05) is 13.8 Å². The molecule has 66 valence electrons. The number of hydrogen-bond donors (Lipinski definition) is 0. The smallest absolute Gasteiger partial charge is 0.320 e. The maximum absolute atomic E-state index is 5.63. The molecular formula is C7H10ClN3O. The number of ether oxygens (including phenoxy) is 1. The van der Waals surface area contributed by atoms with Gasteiger partial charge in [-0.2, -0.15) is 9.97 Å². The molecule has 0 fully saturated rings. The molecule has 0 aliphatic carbocycles. The number of hydrogen-bond acceptors (Lipinski definition) is 4. The third-order valence-electron chi connectivity index (χ3n) is 1.30. The topological polar surface area (TPSA) is 47.9 Å². The molecule has 0 aliphatic heterocycles. The van der Waals surface area contributed by atoms with Crippen LogP contribution in [0.3, 0.4) is 0 Å². The summed E-state index contributed by atoms with van der Waals surface area (Å²) in [4.78, 5) is 11.7. The summed E-state index contributed by atoms with van der Waals surface area (Å²) in [7, 11) is 1.50. The average molecular weight is 188 g/mol. The normalized spacial score (nSPS) is 10.4. The van der Waals surface area contributed by atoms with E-state index in [0.717, 1.165) is 0 Å². The van der Waals surface area contributed by atoms with Crippen molar-refractivity contribution in [3.8, 4) is 6.01 Å². The van der Waals surface area contributed by atoms with Gasteiger partial charge in [0.2, 0.25) is 5.28 Å². The van der Waals surface area contributed by atoms with Gasteiger partial charge in [0.25, 0.3) is 0 Å². The van der Waals surface area contributed by atoms with Crippen LogP contribution < -0.4 is 4.74 Å². The molecule has 5 heteroatoms. The van der Waals surface area contributed by atoms with E-state index in [4.69, 9.17) is 16.3 Å². The summed E-state index contributed by atoms with van der Waals surface area (Å²) in [6.45, 7) is 3.95. The van der Waals surface area contributed by atoms with Gasteiger partial charge in [-0.15, -0.1) is 0 Å². The van der Waals surface area contributed by atoms with Crippen molar-refractivity contribution in [1.82, 2.24) is 15.0 Å². The molecule has 0 aliphatic rings. The maximum Gasteiger partial charge on any atom is 0.320 e. The summed E-state index contributed by atoms with van der Waals surface area (Å²) in [5, 5.41) is 0.172. The number of rotatable bonds is 2. The summed E-state index contributed by atoms with van der Waals surface area (Å²) in [5.74, 6) is 0.867. The van der Waals surface area contributed by atoms with Crippen molar-refractivity contribution in [3.05, 3.63) is 11.1 Å². The van der Waals surface area contributed by atoms with Crippen LogP contribution in [0.4, 0.5) is 0 Å². The first-order valence-electron chi connectivity index (χ1n) is 3.59. The highest BCUT2D eigenvalue weighted by Gasteiger charge is 2.07. The van der Waals surface area contributed by atoms with Crippen molar-refractivity contribution in [1.29, 1.82) is 0 Å². The first-order chi connectivity index (χ1) is 5.63. The fourth-order valence-electron chi connectivity index (χ4n) is 0.696. The van der Waals surface area contributed by atoms with Crippen LogP contribution >= 0.6 is 11.6 Å². The summed E-state index contributed by atoms with van der Waals surface area (Å²) >= 11 is 5.63. The van der Waals surface area contributed by atoms with Crippen molar-refractivity contribution in [2.24, 2.45) is 0 Å². The molecule has 0 amide bonds. The van der Waals surface area contributed by atoms with Gasteiger partial charge in [0, 0.05) is 5.92 Å². The molecule has 0 saturated heterocycles. The molecule has 0 radical (unpaired) electrons. The second-order valence-corrected chi connectivity index (χ2v) is 2.94. The van der Waals surface area contributed by atoms with Crippen molar-refractivity contribution >= 4 is 11.6 Å². The van der Waals surface area contributed by atoms with E-state index in [1.165, 1.54) is 7.11 Å². The van der Waals surface area contributed by atoms with E-state index in [1.54, 1.807) is 0 Å². The van der Waals surface area contributed by atoms with Gasteiger partial charge in [0.1, 0.15) is 5.82 Å². The molecule has 12 heavy (non-hydrogen) atoms. The van der Waals surface area contributed by atoms with Crippen LogP contribution in [0.15, 0.2) is 0 Å². The quantitative estimate of drug-likeness (QED) is 0.707. The Morgan fingerprint density at radius 2 is 1.92 bits per heavy atom. The molecule has 0 aromatic carbocycles. The van der Waals surface area contributed by atoms with Gasteiger partial charge in [-0.1, -0.05) is 13.8 Å². The summed E-state index contributed by atoms with van der Waals surface area (Å²) in [6, 6.07) is 0.263. The standard InChI is InChI=1S/C7H10ClN3O/c1-4(2)5-9-6(8)11-7(10-5)12-3/h4H,1-3H3. The fraction of sp³-hybridized carbons (Fsp3) is 0.571. The highest BCUT2D eigenvalue weighted by atomic mass is 35.5. The van der Waals surface area contributed by atoms with Gasteiger partial charge in [-0.25, -0.2) is 4.98 Å². The lowest BCUT2D eigenvalue weighted by molar-refractivity contribution is 0.374. The van der Waals surface area contributed by atoms with Crippen LogP contribution in [0.1, 0.15) is 25.6 Å². The second-order valence-electron chi connectivity index (χ2n) is 2.60.